The highest BCUT2D eigenvalue weighted by Gasteiger charge is 2.26. The van der Waals surface area contributed by atoms with Gasteiger partial charge in [0.25, 0.3) is 5.69 Å². The van der Waals surface area contributed by atoms with Crippen LogP contribution in [0.15, 0.2) is 29.3 Å². The number of aryl methyl sites for hydroxylation is 1. The van der Waals surface area contributed by atoms with Crippen LogP contribution in [0.1, 0.15) is 63.4 Å². The first-order valence-electron chi connectivity index (χ1n) is 11.6. The van der Waals surface area contributed by atoms with E-state index in [2.05, 4.69) is 20.5 Å². The number of nitrogens with one attached hydrogen (secondary N) is 2. The van der Waals surface area contributed by atoms with E-state index in [4.69, 9.17) is 0 Å². The quantitative estimate of drug-likeness (QED) is 0.221. The first-order valence-corrected chi connectivity index (χ1v) is 11.6. The highest BCUT2D eigenvalue weighted by molar-refractivity contribution is 5.79. The Hall–Kier alpha value is -2.15. The van der Waals surface area contributed by atoms with E-state index in [1.54, 1.807) is 12.1 Å². The van der Waals surface area contributed by atoms with Gasteiger partial charge < -0.3 is 15.5 Å². The van der Waals surface area contributed by atoms with Gasteiger partial charge in [-0.25, -0.2) is 0 Å². The average Bonchev–Trinajstić information content (AvgIpc) is 2.79. The summed E-state index contributed by atoms with van der Waals surface area (Å²) in [6.07, 6.45) is 12.4. The van der Waals surface area contributed by atoms with Crippen LogP contribution in [0.25, 0.3) is 0 Å². The molecule has 1 aliphatic heterocycles. The summed E-state index contributed by atoms with van der Waals surface area (Å²) in [5.74, 6) is 0.904. The SMILES string of the molecule is CN=C(NCCCCc1ccc([N+](=O)[O-])cc1)NC1CCN(C2CCCCC2)CC1. The molecule has 3 rings (SSSR count). The smallest absolute Gasteiger partial charge is 0.269 e. The summed E-state index contributed by atoms with van der Waals surface area (Å²) in [4.78, 5) is 17.5. The number of rotatable bonds is 8. The van der Waals surface area contributed by atoms with Crippen molar-refractivity contribution in [2.45, 2.75) is 76.3 Å². The Morgan fingerprint density at radius 3 is 2.43 bits per heavy atom. The molecule has 0 unspecified atom stereocenters. The van der Waals surface area contributed by atoms with Crippen LogP contribution in [0.5, 0.6) is 0 Å². The monoisotopic (exact) mass is 415 g/mol. The molecule has 0 radical (unpaired) electrons. The Bertz CT molecular complexity index is 677. The molecule has 0 bridgehead atoms. The van der Waals surface area contributed by atoms with Gasteiger partial charge in [-0.3, -0.25) is 15.1 Å². The number of non-ortho nitro benzene ring substituents is 1. The standard InChI is InChI=1S/C23H37N5O2/c1-24-23(25-16-6-5-7-19-10-12-22(13-11-19)28(29)30)26-20-14-17-27(18-15-20)21-8-3-2-4-9-21/h10-13,20-21H,2-9,14-18H2,1H3,(H2,24,25,26). The number of guanidine groups is 1. The Kier molecular flexibility index (Phi) is 8.93. The predicted molar refractivity (Wildman–Crippen MR) is 122 cm³/mol. The molecular weight excluding hydrogens is 378 g/mol. The molecule has 30 heavy (non-hydrogen) atoms. The lowest BCUT2D eigenvalue weighted by Gasteiger charge is -2.39. The minimum absolute atomic E-state index is 0.153. The lowest BCUT2D eigenvalue weighted by atomic mass is 9.92. The van der Waals surface area contributed by atoms with E-state index in [9.17, 15) is 10.1 Å². The van der Waals surface area contributed by atoms with Gasteiger partial charge in [-0.1, -0.05) is 31.4 Å². The Balaban J connectivity index is 1.29. The zero-order valence-electron chi connectivity index (χ0n) is 18.3. The van der Waals surface area contributed by atoms with Crippen molar-refractivity contribution in [3.05, 3.63) is 39.9 Å². The van der Waals surface area contributed by atoms with E-state index in [0.29, 0.717) is 6.04 Å². The molecule has 2 N–H and O–H groups in total. The molecule has 1 heterocycles. The highest BCUT2D eigenvalue weighted by Crippen LogP contribution is 2.25. The number of unbranched alkanes of at least 4 members (excludes halogenated alkanes) is 1. The third-order valence-corrected chi connectivity index (χ3v) is 6.52. The van der Waals surface area contributed by atoms with Gasteiger partial charge in [-0.2, -0.15) is 0 Å². The van der Waals surface area contributed by atoms with Crippen LogP contribution in [0.3, 0.4) is 0 Å². The molecular formula is C23H37N5O2. The molecule has 0 spiro atoms. The molecule has 1 aliphatic carbocycles. The maximum absolute atomic E-state index is 10.7. The molecule has 166 valence electrons. The van der Waals surface area contributed by atoms with E-state index in [0.717, 1.165) is 43.4 Å². The second-order valence-electron chi connectivity index (χ2n) is 8.63. The fourth-order valence-corrected chi connectivity index (χ4v) is 4.69. The third kappa shape index (κ3) is 6.97. The van der Waals surface area contributed by atoms with Gasteiger partial charge in [0.1, 0.15) is 0 Å². The summed E-state index contributed by atoms with van der Waals surface area (Å²) >= 11 is 0. The van der Waals surface area contributed by atoms with Crippen molar-refractivity contribution in [2.24, 2.45) is 4.99 Å². The molecule has 0 atom stereocenters. The number of benzene rings is 1. The fourth-order valence-electron chi connectivity index (χ4n) is 4.69. The zero-order chi connectivity index (χ0) is 21.2. The largest absolute Gasteiger partial charge is 0.356 e. The Morgan fingerprint density at radius 1 is 1.10 bits per heavy atom. The lowest BCUT2D eigenvalue weighted by Crippen LogP contribution is -2.51. The molecule has 2 aliphatic rings. The van der Waals surface area contributed by atoms with Crippen molar-refractivity contribution in [1.82, 2.24) is 15.5 Å². The number of hydrogen-bond acceptors (Lipinski definition) is 4. The van der Waals surface area contributed by atoms with Crippen LogP contribution < -0.4 is 10.6 Å². The van der Waals surface area contributed by atoms with Gasteiger partial charge in [0.2, 0.25) is 0 Å². The van der Waals surface area contributed by atoms with Crippen LogP contribution >= 0.6 is 0 Å². The van der Waals surface area contributed by atoms with Crippen molar-refractivity contribution in [3.8, 4) is 0 Å². The summed E-state index contributed by atoms with van der Waals surface area (Å²) in [6, 6.07) is 8.21. The summed E-state index contributed by atoms with van der Waals surface area (Å²) in [5.41, 5.74) is 1.30. The second-order valence-corrected chi connectivity index (χ2v) is 8.63. The zero-order valence-corrected chi connectivity index (χ0v) is 18.3. The molecule has 7 nitrogen and oxygen atoms in total. The first kappa shape index (κ1) is 22.5. The normalized spacial score (nSPS) is 19.6. The van der Waals surface area contributed by atoms with E-state index in [1.807, 2.05) is 19.2 Å². The maximum atomic E-state index is 10.7. The number of aliphatic imine (C=N–C) groups is 1. The topological polar surface area (TPSA) is 82.8 Å². The summed E-state index contributed by atoms with van der Waals surface area (Å²) in [7, 11) is 1.84. The van der Waals surface area contributed by atoms with Gasteiger partial charge >= 0.3 is 0 Å². The van der Waals surface area contributed by atoms with Gasteiger partial charge in [0.15, 0.2) is 5.96 Å². The molecule has 1 saturated heterocycles. The van der Waals surface area contributed by atoms with Gasteiger partial charge in [0, 0.05) is 50.9 Å². The van der Waals surface area contributed by atoms with Gasteiger partial charge in [-0.05, 0) is 50.5 Å². The van der Waals surface area contributed by atoms with E-state index >= 15 is 0 Å². The molecule has 2 fully saturated rings. The molecule has 0 amide bonds. The van der Waals surface area contributed by atoms with Crippen LogP contribution in [-0.4, -0.2) is 54.5 Å². The number of nitro groups is 1. The number of nitro benzene ring substituents is 1. The lowest BCUT2D eigenvalue weighted by molar-refractivity contribution is -0.384. The Labute approximate surface area is 180 Å². The molecule has 1 saturated carbocycles. The molecule has 1 aromatic carbocycles. The Morgan fingerprint density at radius 2 is 1.80 bits per heavy atom. The summed E-state index contributed by atoms with van der Waals surface area (Å²) < 4.78 is 0. The van der Waals surface area contributed by atoms with Crippen LogP contribution in [-0.2, 0) is 6.42 Å². The molecule has 7 heteroatoms. The summed E-state index contributed by atoms with van der Waals surface area (Å²) in [5, 5.41) is 17.8. The summed E-state index contributed by atoms with van der Waals surface area (Å²) in [6.45, 7) is 3.29. The van der Waals surface area contributed by atoms with Crippen LogP contribution in [0.4, 0.5) is 5.69 Å². The highest BCUT2D eigenvalue weighted by atomic mass is 16.6. The second kappa shape index (κ2) is 11.9. The number of piperidine rings is 1. The molecule has 0 aromatic heterocycles. The van der Waals surface area contributed by atoms with Crippen molar-refractivity contribution < 1.29 is 4.92 Å². The maximum Gasteiger partial charge on any atom is 0.269 e. The van der Waals surface area contributed by atoms with Crippen LogP contribution in [0, 0.1) is 10.1 Å². The minimum atomic E-state index is -0.355. The number of hydrogen-bond donors (Lipinski definition) is 2. The van der Waals surface area contributed by atoms with Crippen molar-refractivity contribution in [1.29, 1.82) is 0 Å². The minimum Gasteiger partial charge on any atom is -0.356 e. The predicted octanol–water partition coefficient (Wildman–Crippen LogP) is 3.88. The van der Waals surface area contributed by atoms with Crippen molar-refractivity contribution in [3.63, 3.8) is 0 Å². The first-order chi connectivity index (χ1) is 14.7. The van der Waals surface area contributed by atoms with E-state index in [1.165, 1.54) is 58.0 Å². The van der Waals surface area contributed by atoms with Gasteiger partial charge in [-0.15, -0.1) is 0 Å². The number of nitrogens with zero attached hydrogens (tertiary/aromatic N) is 3. The van der Waals surface area contributed by atoms with Crippen molar-refractivity contribution in [2.75, 3.05) is 26.7 Å². The fraction of sp³-hybridized carbons (Fsp3) is 0.696. The van der Waals surface area contributed by atoms with E-state index in [-0.39, 0.29) is 10.6 Å². The average molecular weight is 416 g/mol. The van der Waals surface area contributed by atoms with E-state index < -0.39 is 0 Å². The van der Waals surface area contributed by atoms with Crippen molar-refractivity contribution >= 4 is 11.6 Å². The van der Waals surface area contributed by atoms with Gasteiger partial charge in [0.05, 0.1) is 4.92 Å². The van der Waals surface area contributed by atoms with Crippen LogP contribution in [0.2, 0.25) is 0 Å². The third-order valence-electron chi connectivity index (χ3n) is 6.52. The molecule has 1 aromatic rings. The number of likely N-dealkylation sites (tertiary alicyclic amines) is 1.